The molecule has 6 aromatic carbocycles. The van der Waals surface area contributed by atoms with Crippen molar-refractivity contribution in [2.24, 2.45) is 0 Å². The summed E-state index contributed by atoms with van der Waals surface area (Å²) in [6.07, 6.45) is 1.04. The number of hydrogen-bond acceptors (Lipinski definition) is 0. The van der Waals surface area contributed by atoms with E-state index in [2.05, 4.69) is 72.8 Å². The molecule has 114 valence electrons. The Morgan fingerprint density at radius 1 is 0.440 bits per heavy atom. The normalized spacial score (nSPS) is 13.4. The molecule has 0 radical (unpaired) electrons. The van der Waals surface area contributed by atoms with E-state index in [1.807, 2.05) is 0 Å². The molecule has 0 saturated heterocycles. The second kappa shape index (κ2) is 3.92. The van der Waals surface area contributed by atoms with Crippen LogP contribution in [0.3, 0.4) is 0 Å². The molecular weight excluding hydrogens is 300 g/mol. The highest BCUT2D eigenvalue weighted by atomic mass is 14.2. The van der Waals surface area contributed by atoms with Crippen molar-refractivity contribution in [3.8, 4) is 0 Å². The van der Waals surface area contributed by atoms with Gasteiger partial charge < -0.3 is 0 Å². The van der Waals surface area contributed by atoms with Crippen LogP contribution in [0.1, 0.15) is 11.1 Å². The van der Waals surface area contributed by atoms with Gasteiger partial charge in [-0.05, 0) is 77.5 Å². The molecular formula is C25H14. The van der Waals surface area contributed by atoms with E-state index in [4.69, 9.17) is 0 Å². The van der Waals surface area contributed by atoms with Gasteiger partial charge in [0.1, 0.15) is 0 Å². The number of benzene rings is 6. The highest BCUT2D eigenvalue weighted by Crippen LogP contribution is 2.47. The van der Waals surface area contributed by atoms with E-state index < -0.39 is 0 Å². The fourth-order valence-corrected chi connectivity index (χ4v) is 5.21. The molecule has 6 aromatic rings. The van der Waals surface area contributed by atoms with E-state index >= 15 is 0 Å². The lowest BCUT2D eigenvalue weighted by Gasteiger charge is -2.23. The van der Waals surface area contributed by atoms with E-state index in [1.165, 1.54) is 65.0 Å². The lowest BCUT2D eigenvalue weighted by atomic mass is 9.80. The highest BCUT2D eigenvalue weighted by molar-refractivity contribution is 6.39. The molecule has 0 atom stereocenters. The summed E-state index contributed by atoms with van der Waals surface area (Å²) < 4.78 is 0. The fraction of sp³-hybridized carbons (Fsp3) is 0.0400. The first kappa shape index (κ1) is 12.3. The van der Waals surface area contributed by atoms with Gasteiger partial charge in [0.25, 0.3) is 0 Å². The molecule has 0 aliphatic heterocycles. The second-order valence-electron chi connectivity index (χ2n) is 7.35. The zero-order valence-corrected chi connectivity index (χ0v) is 13.6. The molecule has 0 heterocycles. The van der Waals surface area contributed by atoms with Gasteiger partial charge in [0.05, 0.1) is 0 Å². The van der Waals surface area contributed by atoms with Crippen LogP contribution in [0.4, 0.5) is 0 Å². The largest absolute Gasteiger partial charge is 0.0613 e. The maximum Gasteiger partial charge on any atom is -0.000832 e. The lowest BCUT2D eigenvalue weighted by molar-refractivity contribution is 1.24. The summed E-state index contributed by atoms with van der Waals surface area (Å²) in [5, 5.41) is 14.2. The van der Waals surface area contributed by atoms with Crippen molar-refractivity contribution in [2.75, 3.05) is 0 Å². The van der Waals surface area contributed by atoms with Crippen LogP contribution in [0.25, 0.3) is 53.9 Å². The van der Waals surface area contributed by atoms with E-state index in [-0.39, 0.29) is 0 Å². The number of hydrogen-bond donors (Lipinski definition) is 0. The molecule has 7 rings (SSSR count). The van der Waals surface area contributed by atoms with Gasteiger partial charge in [-0.2, -0.15) is 0 Å². The van der Waals surface area contributed by atoms with Gasteiger partial charge in [0, 0.05) is 0 Å². The molecule has 0 N–H and O–H groups in total. The molecule has 0 amide bonds. The topological polar surface area (TPSA) is 0 Å². The smallest absolute Gasteiger partial charge is 0.000832 e. The third-order valence-corrected chi connectivity index (χ3v) is 6.14. The van der Waals surface area contributed by atoms with Crippen LogP contribution >= 0.6 is 0 Å². The quantitative estimate of drug-likeness (QED) is 0.213. The van der Waals surface area contributed by atoms with Crippen molar-refractivity contribution in [1.29, 1.82) is 0 Å². The first-order valence-corrected chi connectivity index (χ1v) is 8.93. The minimum absolute atomic E-state index is 1.04. The summed E-state index contributed by atoms with van der Waals surface area (Å²) in [5.74, 6) is 0. The molecule has 1 aliphatic carbocycles. The van der Waals surface area contributed by atoms with Crippen LogP contribution < -0.4 is 0 Å². The summed E-state index contributed by atoms with van der Waals surface area (Å²) in [7, 11) is 0. The van der Waals surface area contributed by atoms with Crippen LogP contribution in [0.5, 0.6) is 0 Å². The average molecular weight is 314 g/mol. The average Bonchev–Trinajstić information content (AvgIpc) is 2.66. The van der Waals surface area contributed by atoms with E-state index in [1.54, 1.807) is 0 Å². The number of fused-ring (bicyclic) bond motifs is 1. The lowest BCUT2D eigenvalue weighted by Crippen LogP contribution is -2.00. The first-order chi connectivity index (χ1) is 12.4. The molecule has 0 nitrogen and oxygen atoms in total. The summed E-state index contributed by atoms with van der Waals surface area (Å²) in [6.45, 7) is 0. The second-order valence-corrected chi connectivity index (χ2v) is 7.35. The SMILES string of the molecule is c1cc2c3c(c1)cc1cccc4c5cccc6ccc(c(c65)c3c14)C2. The Hall–Kier alpha value is -3.12. The van der Waals surface area contributed by atoms with Gasteiger partial charge in [0.2, 0.25) is 0 Å². The Morgan fingerprint density at radius 2 is 1.08 bits per heavy atom. The summed E-state index contributed by atoms with van der Waals surface area (Å²) >= 11 is 0. The molecule has 0 spiro atoms. The molecule has 0 unspecified atom stereocenters. The van der Waals surface area contributed by atoms with Crippen LogP contribution in [0.15, 0.2) is 72.8 Å². The minimum Gasteiger partial charge on any atom is -0.0613 e. The van der Waals surface area contributed by atoms with Crippen molar-refractivity contribution in [2.45, 2.75) is 6.42 Å². The number of rotatable bonds is 0. The maximum absolute atomic E-state index is 2.38. The first-order valence-electron chi connectivity index (χ1n) is 8.93. The van der Waals surface area contributed by atoms with Gasteiger partial charge in [0.15, 0.2) is 0 Å². The van der Waals surface area contributed by atoms with Crippen molar-refractivity contribution < 1.29 is 0 Å². The molecule has 0 fully saturated rings. The van der Waals surface area contributed by atoms with Gasteiger partial charge in [-0.15, -0.1) is 0 Å². The molecule has 0 aromatic heterocycles. The van der Waals surface area contributed by atoms with E-state index in [0.29, 0.717) is 0 Å². The molecule has 25 heavy (non-hydrogen) atoms. The summed E-state index contributed by atoms with van der Waals surface area (Å²) in [6, 6.07) is 27.3. The van der Waals surface area contributed by atoms with Crippen LogP contribution in [-0.4, -0.2) is 0 Å². The third-order valence-electron chi connectivity index (χ3n) is 6.14. The zero-order valence-electron chi connectivity index (χ0n) is 13.6. The standard InChI is InChI=1S/C25H14/c1-5-15-12-17-7-3-9-20-19-8-2-4-14-10-11-18-13-16(6-1)21(15)25(23(17)20)24(18)22(14)19/h1-12H,13H2. The summed E-state index contributed by atoms with van der Waals surface area (Å²) in [4.78, 5) is 0. The Morgan fingerprint density at radius 3 is 1.92 bits per heavy atom. The van der Waals surface area contributed by atoms with Crippen LogP contribution in [0, 0.1) is 0 Å². The van der Waals surface area contributed by atoms with Crippen LogP contribution in [-0.2, 0) is 6.42 Å². The van der Waals surface area contributed by atoms with Crippen molar-refractivity contribution in [1.82, 2.24) is 0 Å². The summed E-state index contributed by atoms with van der Waals surface area (Å²) in [5.41, 5.74) is 2.94. The van der Waals surface area contributed by atoms with Crippen molar-refractivity contribution in [3.05, 3.63) is 83.9 Å². The van der Waals surface area contributed by atoms with Gasteiger partial charge in [-0.3, -0.25) is 0 Å². The Labute approximate surface area is 144 Å². The van der Waals surface area contributed by atoms with Crippen molar-refractivity contribution >= 4 is 53.9 Å². The van der Waals surface area contributed by atoms with Crippen LogP contribution in [0.2, 0.25) is 0 Å². The minimum atomic E-state index is 1.04. The van der Waals surface area contributed by atoms with E-state index in [0.717, 1.165) is 6.42 Å². The monoisotopic (exact) mass is 314 g/mol. The predicted molar refractivity (Wildman–Crippen MR) is 108 cm³/mol. The Bertz CT molecular complexity index is 1500. The van der Waals surface area contributed by atoms with Crippen molar-refractivity contribution in [3.63, 3.8) is 0 Å². The molecule has 0 bridgehead atoms. The maximum atomic E-state index is 2.38. The van der Waals surface area contributed by atoms with Gasteiger partial charge >= 0.3 is 0 Å². The third kappa shape index (κ3) is 1.29. The fourth-order valence-electron chi connectivity index (χ4n) is 5.21. The van der Waals surface area contributed by atoms with Gasteiger partial charge in [-0.25, -0.2) is 0 Å². The Balaban J connectivity index is 2.04. The Kier molecular flexibility index (Phi) is 1.92. The van der Waals surface area contributed by atoms with Gasteiger partial charge in [-0.1, -0.05) is 66.7 Å². The zero-order chi connectivity index (χ0) is 16.1. The van der Waals surface area contributed by atoms with E-state index in [9.17, 15) is 0 Å². The molecule has 0 heteroatoms. The predicted octanol–water partition coefficient (Wildman–Crippen LogP) is 6.79. The molecule has 0 saturated carbocycles. The highest BCUT2D eigenvalue weighted by Gasteiger charge is 2.22. The molecule has 1 aliphatic rings.